The average molecular weight is 209 g/mol. The Morgan fingerprint density at radius 3 is 2.67 bits per heavy atom. The van der Waals surface area contributed by atoms with E-state index >= 15 is 0 Å². The van der Waals surface area contributed by atoms with Crippen molar-refractivity contribution in [1.29, 1.82) is 0 Å². The number of halogens is 1. The van der Waals surface area contributed by atoms with Crippen LogP contribution in [0, 0.1) is 5.95 Å². The van der Waals surface area contributed by atoms with Gasteiger partial charge in [-0.2, -0.15) is 4.39 Å². The first-order chi connectivity index (χ1) is 7.06. The van der Waals surface area contributed by atoms with Gasteiger partial charge in [-0.25, -0.2) is 4.98 Å². The molecule has 1 aliphatic rings. The van der Waals surface area contributed by atoms with Crippen molar-refractivity contribution in [3.05, 3.63) is 29.8 Å². The van der Waals surface area contributed by atoms with Crippen molar-refractivity contribution in [2.24, 2.45) is 0 Å². The Balaban J connectivity index is 2.48. The van der Waals surface area contributed by atoms with Crippen LogP contribution in [0.15, 0.2) is 18.3 Å². The van der Waals surface area contributed by atoms with Crippen LogP contribution in [-0.2, 0) is 15.0 Å². The molecule has 78 valence electrons. The molecule has 1 N–H and O–H groups in total. The Morgan fingerprint density at radius 1 is 1.53 bits per heavy atom. The van der Waals surface area contributed by atoms with Gasteiger partial charge in [-0.05, 0) is 6.07 Å². The number of Topliss-reactive ketones (excluding diaryl/α,β-unsaturated/α-hetero) is 1. The fraction of sp³-hybridized carbons (Fsp3) is 0.300. The van der Waals surface area contributed by atoms with Crippen LogP contribution in [0.3, 0.4) is 0 Å². The Bertz CT molecular complexity index is 436. The molecule has 1 aromatic rings. The number of hydrogen-bond acceptors (Lipinski definition) is 3. The largest absolute Gasteiger partial charge is 0.481 e. The number of ketones is 1. The van der Waals surface area contributed by atoms with E-state index in [0.29, 0.717) is 0 Å². The van der Waals surface area contributed by atoms with Crippen molar-refractivity contribution < 1.29 is 19.1 Å². The summed E-state index contributed by atoms with van der Waals surface area (Å²) in [6.45, 7) is 0. The number of pyridine rings is 1. The van der Waals surface area contributed by atoms with Crippen LogP contribution in [-0.4, -0.2) is 21.8 Å². The summed E-state index contributed by atoms with van der Waals surface area (Å²) in [4.78, 5) is 25.3. The van der Waals surface area contributed by atoms with Crippen molar-refractivity contribution >= 4 is 11.8 Å². The van der Waals surface area contributed by atoms with Gasteiger partial charge in [0.25, 0.3) is 0 Å². The van der Waals surface area contributed by atoms with Crippen LogP contribution in [0.2, 0.25) is 0 Å². The first-order valence-corrected chi connectivity index (χ1v) is 4.42. The first-order valence-electron chi connectivity index (χ1n) is 4.42. The maximum Gasteiger partial charge on any atom is 0.315 e. The summed E-state index contributed by atoms with van der Waals surface area (Å²) in [5, 5.41) is 9.03. The lowest BCUT2D eigenvalue weighted by Crippen LogP contribution is -2.49. The minimum absolute atomic E-state index is 0.00269. The average Bonchev–Trinajstić information content (AvgIpc) is 2.13. The molecule has 5 heteroatoms. The molecule has 0 saturated heterocycles. The summed E-state index contributed by atoms with van der Waals surface area (Å²) in [6.07, 6.45) is 0.949. The molecule has 1 heterocycles. The van der Waals surface area contributed by atoms with Gasteiger partial charge in [0.2, 0.25) is 5.95 Å². The predicted molar refractivity (Wildman–Crippen MR) is 47.7 cm³/mol. The topological polar surface area (TPSA) is 67.3 Å². The Labute approximate surface area is 84.8 Å². The normalized spacial score (nSPS) is 18.3. The quantitative estimate of drug-likeness (QED) is 0.735. The fourth-order valence-corrected chi connectivity index (χ4v) is 1.82. The van der Waals surface area contributed by atoms with E-state index in [-0.39, 0.29) is 24.2 Å². The van der Waals surface area contributed by atoms with Gasteiger partial charge in [-0.3, -0.25) is 9.59 Å². The van der Waals surface area contributed by atoms with Gasteiger partial charge in [-0.1, -0.05) is 6.07 Å². The highest BCUT2D eigenvalue weighted by Crippen LogP contribution is 2.42. The molecular formula is C10H8FNO3. The summed E-state index contributed by atoms with van der Waals surface area (Å²) in [5.41, 5.74) is -1.40. The maximum atomic E-state index is 13.3. The van der Waals surface area contributed by atoms with E-state index in [2.05, 4.69) is 4.98 Å². The third-order valence-electron chi connectivity index (χ3n) is 2.68. The molecule has 0 unspecified atom stereocenters. The third-order valence-corrected chi connectivity index (χ3v) is 2.68. The molecule has 0 radical (unpaired) electrons. The molecule has 15 heavy (non-hydrogen) atoms. The van der Waals surface area contributed by atoms with E-state index in [9.17, 15) is 14.0 Å². The van der Waals surface area contributed by atoms with E-state index in [1.807, 2.05) is 0 Å². The lowest BCUT2D eigenvalue weighted by molar-refractivity contribution is -0.153. The minimum atomic E-state index is -1.39. The Hall–Kier alpha value is -1.78. The molecule has 0 aromatic carbocycles. The molecule has 0 aliphatic heterocycles. The number of rotatable bonds is 2. The third kappa shape index (κ3) is 1.31. The minimum Gasteiger partial charge on any atom is -0.481 e. The monoisotopic (exact) mass is 209 g/mol. The van der Waals surface area contributed by atoms with E-state index in [1.165, 1.54) is 18.3 Å². The van der Waals surface area contributed by atoms with Gasteiger partial charge in [0.05, 0.1) is 0 Å². The number of aromatic nitrogens is 1. The van der Waals surface area contributed by atoms with Crippen LogP contribution in [0.4, 0.5) is 4.39 Å². The van der Waals surface area contributed by atoms with Gasteiger partial charge in [0.1, 0.15) is 11.2 Å². The molecule has 0 spiro atoms. The first kappa shape index (κ1) is 9.76. The second-order valence-electron chi connectivity index (χ2n) is 3.62. The van der Waals surface area contributed by atoms with Crippen molar-refractivity contribution in [3.8, 4) is 0 Å². The predicted octanol–water partition coefficient (Wildman–Crippen LogP) is 0.906. The van der Waals surface area contributed by atoms with E-state index in [4.69, 9.17) is 5.11 Å². The van der Waals surface area contributed by atoms with E-state index < -0.39 is 17.3 Å². The number of aliphatic carboxylic acids is 1. The Kier molecular flexibility index (Phi) is 2.03. The molecule has 4 nitrogen and oxygen atoms in total. The van der Waals surface area contributed by atoms with Crippen molar-refractivity contribution in [2.45, 2.75) is 18.3 Å². The molecule has 2 rings (SSSR count). The number of hydrogen-bond donors (Lipinski definition) is 1. The molecular weight excluding hydrogens is 201 g/mol. The lowest BCUT2D eigenvalue weighted by Gasteiger charge is -2.36. The van der Waals surface area contributed by atoms with Gasteiger partial charge >= 0.3 is 5.97 Å². The van der Waals surface area contributed by atoms with E-state index in [0.717, 1.165) is 0 Å². The smallest absolute Gasteiger partial charge is 0.315 e. The van der Waals surface area contributed by atoms with Gasteiger partial charge in [0, 0.05) is 24.6 Å². The summed E-state index contributed by atoms with van der Waals surface area (Å²) >= 11 is 0. The number of carboxylic acid groups (broad SMARTS) is 1. The summed E-state index contributed by atoms with van der Waals surface area (Å²) in [5.74, 6) is -2.15. The number of nitrogens with zero attached hydrogens (tertiary/aromatic N) is 1. The highest BCUT2D eigenvalue weighted by Gasteiger charge is 2.53. The van der Waals surface area contributed by atoms with Gasteiger partial charge < -0.3 is 5.11 Å². The number of carboxylic acids is 1. The number of carbonyl (C=O) groups is 2. The molecule has 1 aromatic heterocycles. The molecule has 1 fully saturated rings. The highest BCUT2D eigenvalue weighted by atomic mass is 19.1. The molecule has 0 bridgehead atoms. The van der Waals surface area contributed by atoms with Crippen LogP contribution in [0.5, 0.6) is 0 Å². The van der Waals surface area contributed by atoms with E-state index in [1.54, 1.807) is 0 Å². The SMILES string of the molecule is O=C1CC(C(=O)O)(c2cccnc2F)C1. The van der Waals surface area contributed by atoms with Crippen molar-refractivity contribution in [2.75, 3.05) is 0 Å². The zero-order valence-electron chi connectivity index (χ0n) is 7.74. The highest BCUT2D eigenvalue weighted by molar-refractivity contribution is 6.01. The van der Waals surface area contributed by atoms with Gasteiger partial charge in [-0.15, -0.1) is 0 Å². The summed E-state index contributed by atoms with van der Waals surface area (Å²) in [7, 11) is 0. The molecule has 1 aliphatic carbocycles. The van der Waals surface area contributed by atoms with Crippen LogP contribution >= 0.6 is 0 Å². The van der Waals surface area contributed by atoms with Crippen LogP contribution < -0.4 is 0 Å². The summed E-state index contributed by atoms with van der Waals surface area (Å²) in [6, 6.07) is 2.83. The lowest BCUT2D eigenvalue weighted by atomic mass is 9.64. The second kappa shape index (κ2) is 3.12. The van der Waals surface area contributed by atoms with Crippen molar-refractivity contribution in [1.82, 2.24) is 4.98 Å². The van der Waals surface area contributed by atoms with Gasteiger partial charge in [0.15, 0.2) is 0 Å². The molecule has 0 amide bonds. The molecule has 0 atom stereocenters. The second-order valence-corrected chi connectivity index (χ2v) is 3.62. The standard InChI is InChI=1S/C10H8FNO3/c11-8-7(2-1-3-12-8)10(9(14)15)4-6(13)5-10/h1-3H,4-5H2,(H,14,15). The van der Waals surface area contributed by atoms with Crippen LogP contribution in [0.1, 0.15) is 18.4 Å². The fourth-order valence-electron chi connectivity index (χ4n) is 1.82. The maximum absolute atomic E-state index is 13.3. The Morgan fingerprint density at radius 2 is 2.20 bits per heavy atom. The number of carbonyl (C=O) groups excluding carboxylic acids is 1. The summed E-state index contributed by atoms with van der Waals surface area (Å²) < 4.78 is 13.3. The van der Waals surface area contributed by atoms with Crippen molar-refractivity contribution in [3.63, 3.8) is 0 Å². The zero-order valence-corrected chi connectivity index (χ0v) is 7.74. The van der Waals surface area contributed by atoms with Crippen LogP contribution in [0.25, 0.3) is 0 Å². The zero-order chi connectivity index (χ0) is 11.1. The molecule has 1 saturated carbocycles.